The van der Waals surface area contributed by atoms with Crippen molar-refractivity contribution in [2.75, 3.05) is 12.4 Å². The van der Waals surface area contributed by atoms with Crippen molar-refractivity contribution in [3.8, 4) is 27.7 Å². The predicted molar refractivity (Wildman–Crippen MR) is 153 cm³/mol. The number of aromatic nitrogens is 1. The smallest absolute Gasteiger partial charge is 0.230 e. The standard InChI is InChI=1S/C29H22FN3O3S2/c1-35-21-10-7-19(8-11-21)26-17-23-28(38-26)25(13-14-31-23)36-24-12-9-20(16-22(24)30)32-29(37)33-27(34)15-18-5-3-2-4-6-18/h2-14,16-17H,15H2,1H3,(H2,32,33,34,37). The Bertz CT molecular complexity index is 1610. The molecule has 0 atom stereocenters. The molecule has 0 unspecified atom stereocenters. The van der Waals surface area contributed by atoms with Gasteiger partial charge >= 0.3 is 0 Å². The van der Waals surface area contributed by atoms with E-state index in [0.29, 0.717) is 11.4 Å². The molecular weight excluding hydrogens is 521 g/mol. The van der Waals surface area contributed by atoms with Gasteiger partial charge in [0.05, 0.1) is 23.7 Å². The topological polar surface area (TPSA) is 72.5 Å². The SMILES string of the molecule is COc1ccc(-c2cc3nccc(Oc4ccc(NC(=S)NC(=O)Cc5ccccc5)cc4F)c3s2)cc1. The Kier molecular flexibility index (Phi) is 7.57. The molecule has 0 radical (unpaired) electrons. The number of benzene rings is 3. The van der Waals surface area contributed by atoms with E-state index in [9.17, 15) is 9.18 Å². The van der Waals surface area contributed by atoms with Gasteiger partial charge in [-0.2, -0.15) is 0 Å². The van der Waals surface area contributed by atoms with Gasteiger partial charge in [-0.15, -0.1) is 11.3 Å². The Hall–Kier alpha value is -4.34. The first-order valence-corrected chi connectivity index (χ1v) is 12.9. The summed E-state index contributed by atoms with van der Waals surface area (Å²) in [6.45, 7) is 0. The number of amides is 1. The van der Waals surface area contributed by atoms with Gasteiger partial charge in [0, 0.05) is 28.9 Å². The Morgan fingerprint density at radius 1 is 1.00 bits per heavy atom. The van der Waals surface area contributed by atoms with Crippen molar-refractivity contribution in [2.45, 2.75) is 6.42 Å². The molecule has 1 amide bonds. The van der Waals surface area contributed by atoms with Crippen molar-refractivity contribution >= 4 is 50.5 Å². The van der Waals surface area contributed by atoms with E-state index < -0.39 is 5.82 Å². The van der Waals surface area contributed by atoms with E-state index in [0.717, 1.165) is 32.0 Å². The van der Waals surface area contributed by atoms with Crippen molar-refractivity contribution in [3.05, 3.63) is 103 Å². The van der Waals surface area contributed by atoms with Gasteiger partial charge < -0.3 is 20.1 Å². The second kappa shape index (κ2) is 11.4. The number of ether oxygens (including phenoxy) is 2. The molecular formula is C29H22FN3O3S2. The summed E-state index contributed by atoms with van der Waals surface area (Å²) < 4.78 is 26.9. The number of nitrogens with zero attached hydrogens (tertiary/aromatic N) is 1. The Balaban J connectivity index is 1.27. The second-order valence-electron chi connectivity index (χ2n) is 8.27. The van der Waals surface area contributed by atoms with Gasteiger partial charge in [0.2, 0.25) is 5.91 Å². The van der Waals surface area contributed by atoms with Crippen LogP contribution in [0.3, 0.4) is 0 Å². The molecule has 6 nitrogen and oxygen atoms in total. The summed E-state index contributed by atoms with van der Waals surface area (Å²) in [4.78, 5) is 17.7. The maximum absolute atomic E-state index is 15.0. The molecule has 2 heterocycles. The summed E-state index contributed by atoms with van der Waals surface area (Å²) in [7, 11) is 1.63. The number of thiocarbonyl (C=S) groups is 1. The monoisotopic (exact) mass is 543 g/mol. The van der Waals surface area contributed by atoms with Crippen molar-refractivity contribution < 1.29 is 18.7 Å². The van der Waals surface area contributed by atoms with Gasteiger partial charge in [0.15, 0.2) is 16.7 Å². The van der Waals surface area contributed by atoms with Crippen LogP contribution >= 0.6 is 23.6 Å². The molecule has 5 rings (SSSR count). The first-order valence-electron chi connectivity index (χ1n) is 11.6. The van der Waals surface area contributed by atoms with Gasteiger partial charge in [0.25, 0.3) is 0 Å². The highest BCUT2D eigenvalue weighted by Crippen LogP contribution is 2.40. The zero-order valence-corrected chi connectivity index (χ0v) is 21.9. The van der Waals surface area contributed by atoms with Crippen LogP contribution in [0.25, 0.3) is 20.7 Å². The number of hydrogen-bond donors (Lipinski definition) is 2. The number of anilines is 1. The number of halogens is 1. The lowest BCUT2D eigenvalue weighted by atomic mass is 10.1. The third kappa shape index (κ3) is 5.96. The van der Waals surface area contributed by atoms with Crippen molar-refractivity contribution in [1.29, 1.82) is 0 Å². The van der Waals surface area contributed by atoms with Crippen LogP contribution in [0.15, 0.2) is 91.1 Å². The van der Waals surface area contributed by atoms with Gasteiger partial charge in [-0.05, 0) is 65.8 Å². The van der Waals surface area contributed by atoms with Gasteiger partial charge in [-0.1, -0.05) is 30.3 Å². The number of hydrogen-bond acceptors (Lipinski definition) is 6. The third-order valence-corrected chi connectivity index (χ3v) is 7.01. The lowest BCUT2D eigenvalue weighted by molar-refractivity contribution is -0.119. The van der Waals surface area contributed by atoms with Crippen LogP contribution in [0.4, 0.5) is 10.1 Å². The van der Waals surface area contributed by atoms with E-state index >= 15 is 0 Å². The number of carbonyl (C=O) groups is 1. The number of fused-ring (bicyclic) bond motifs is 1. The lowest BCUT2D eigenvalue weighted by Crippen LogP contribution is -2.35. The fraction of sp³-hybridized carbons (Fsp3) is 0.0690. The molecule has 0 aliphatic heterocycles. The van der Waals surface area contributed by atoms with E-state index in [4.69, 9.17) is 21.7 Å². The summed E-state index contributed by atoms with van der Waals surface area (Å²) in [5, 5.41) is 5.53. The molecule has 0 spiro atoms. The lowest BCUT2D eigenvalue weighted by Gasteiger charge is -2.12. The maximum atomic E-state index is 15.0. The van der Waals surface area contributed by atoms with E-state index in [-0.39, 0.29) is 23.2 Å². The van der Waals surface area contributed by atoms with E-state index in [1.165, 1.54) is 23.5 Å². The van der Waals surface area contributed by atoms with Crippen LogP contribution < -0.4 is 20.1 Å². The molecule has 0 bridgehead atoms. The molecule has 0 aliphatic carbocycles. The maximum Gasteiger partial charge on any atom is 0.230 e. The number of carbonyl (C=O) groups excluding carboxylic acids is 1. The van der Waals surface area contributed by atoms with Crippen LogP contribution in [-0.4, -0.2) is 23.1 Å². The van der Waals surface area contributed by atoms with Gasteiger partial charge in [-0.3, -0.25) is 9.78 Å². The molecule has 9 heteroatoms. The number of methoxy groups -OCH3 is 1. The first-order chi connectivity index (χ1) is 18.5. The highest BCUT2D eigenvalue weighted by atomic mass is 32.1. The number of rotatable bonds is 7. The normalized spacial score (nSPS) is 10.7. The fourth-order valence-electron chi connectivity index (χ4n) is 3.79. The number of thiophene rings is 1. The first kappa shape index (κ1) is 25.3. The average Bonchev–Trinajstić information content (AvgIpc) is 3.36. The third-order valence-electron chi connectivity index (χ3n) is 5.62. The minimum atomic E-state index is -0.578. The van der Waals surface area contributed by atoms with Crippen LogP contribution in [0, 0.1) is 5.82 Å². The molecule has 0 saturated carbocycles. The number of nitrogens with one attached hydrogen (secondary N) is 2. The molecule has 0 saturated heterocycles. The molecule has 2 N–H and O–H groups in total. The quantitative estimate of drug-likeness (QED) is 0.216. The molecule has 5 aromatic rings. The average molecular weight is 544 g/mol. The molecule has 3 aromatic carbocycles. The number of pyridine rings is 1. The molecule has 0 aliphatic rings. The largest absolute Gasteiger partial charge is 0.497 e. The zero-order chi connectivity index (χ0) is 26.5. The van der Waals surface area contributed by atoms with Gasteiger partial charge in [0.1, 0.15) is 11.5 Å². The minimum Gasteiger partial charge on any atom is -0.497 e. The second-order valence-corrected chi connectivity index (χ2v) is 9.73. The zero-order valence-electron chi connectivity index (χ0n) is 20.2. The molecule has 38 heavy (non-hydrogen) atoms. The van der Waals surface area contributed by atoms with Crippen LogP contribution in [-0.2, 0) is 11.2 Å². The fourth-order valence-corrected chi connectivity index (χ4v) is 5.09. The highest BCUT2D eigenvalue weighted by Gasteiger charge is 2.14. The summed E-state index contributed by atoms with van der Waals surface area (Å²) in [5.41, 5.74) is 3.03. The molecule has 0 fully saturated rings. The van der Waals surface area contributed by atoms with Crippen molar-refractivity contribution in [2.24, 2.45) is 0 Å². The molecule has 190 valence electrons. The van der Waals surface area contributed by atoms with E-state index in [1.54, 1.807) is 25.4 Å². The van der Waals surface area contributed by atoms with E-state index in [1.807, 2.05) is 60.7 Å². The molecule has 2 aromatic heterocycles. The Morgan fingerprint density at radius 2 is 1.79 bits per heavy atom. The summed E-state index contributed by atoms with van der Waals surface area (Å²) >= 11 is 6.72. The summed E-state index contributed by atoms with van der Waals surface area (Å²) in [6.07, 6.45) is 1.82. The Labute approximate surface area is 228 Å². The minimum absolute atomic E-state index is 0.0569. The summed E-state index contributed by atoms with van der Waals surface area (Å²) in [5.74, 6) is 0.497. The van der Waals surface area contributed by atoms with Gasteiger partial charge in [-0.25, -0.2) is 4.39 Å². The van der Waals surface area contributed by atoms with Crippen molar-refractivity contribution in [3.63, 3.8) is 0 Å². The van der Waals surface area contributed by atoms with Crippen molar-refractivity contribution in [1.82, 2.24) is 10.3 Å². The van der Waals surface area contributed by atoms with Crippen LogP contribution in [0.5, 0.6) is 17.2 Å². The predicted octanol–water partition coefficient (Wildman–Crippen LogP) is 6.96. The highest BCUT2D eigenvalue weighted by molar-refractivity contribution is 7.80. The summed E-state index contributed by atoms with van der Waals surface area (Å²) in [6, 6.07) is 25.2. The Morgan fingerprint density at radius 3 is 2.53 bits per heavy atom. The van der Waals surface area contributed by atoms with E-state index in [2.05, 4.69) is 15.6 Å². The van der Waals surface area contributed by atoms with Crippen LogP contribution in [0.2, 0.25) is 0 Å². The van der Waals surface area contributed by atoms with Crippen LogP contribution in [0.1, 0.15) is 5.56 Å².